The van der Waals surface area contributed by atoms with E-state index in [9.17, 15) is 18.0 Å². The standard InChI is InChI=1S/C18H21N4O4S2/c19-20-8-1-4-14(11-20)28(25,26)22-12-16(23)18-15(22)7-9-21(18)17(24)6-5-13-3-2-10-27-13/h1-4,8,10-11,15,18H,5-7,9,12,19H2/q+1. The molecule has 1 amide bonds. The summed E-state index contributed by atoms with van der Waals surface area (Å²) in [7, 11) is -3.87. The molecule has 8 nitrogen and oxygen atoms in total. The van der Waals surface area contributed by atoms with E-state index < -0.39 is 22.1 Å². The lowest BCUT2D eigenvalue weighted by atomic mass is 10.1. The summed E-state index contributed by atoms with van der Waals surface area (Å²) < 4.78 is 28.5. The third-order valence-electron chi connectivity index (χ3n) is 5.26. The van der Waals surface area contributed by atoms with E-state index in [0.717, 1.165) is 9.55 Å². The molecule has 0 aliphatic carbocycles. The molecule has 2 atom stereocenters. The number of carbonyl (C=O) groups is 2. The number of aryl methyl sites for hydroxylation is 1. The second-order valence-corrected chi connectivity index (χ2v) is 9.89. The first-order chi connectivity index (χ1) is 13.4. The van der Waals surface area contributed by atoms with Crippen molar-refractivity contribution in [2.45, 2.75) is 36.2 Å². The zero-order chi connectivity index (χ0) is 19.9. The van der Waals surface area contributed by atoms with Crippen LogP contribution >= 0.6 is 11.3 Å². The van der Waals surface area contributed by atoms with Crippen molar-refractivity contribution in [3.63, 3.8) is 0 Å². The van der Waals surface area contributed by atoms with Gasteiger partial charge < -0.3 is 4.90 Å². The Kier molecular flexibility index (Phi) is 4.94. The van der Waals surface area contributed by atoms with E-state index >= 15 is 0 Å². The van der Waals surface area contributed by atoms with Crippen molar-refractivity contribution >= 4 is 33.1 Å². The number of pyridine rings is 1. The van der Waals surface area contributed by atoms with Gasteiger partial charge in [0.25, 0.3) is 0 Å². The van der Waals surface area contributed by atoms with Gasteiger partial charge in [0, 0.05) is 23.9 Å². The number of nitrogens with zero attached hydrogens (tertiary/aromatic N) is 3. The lowest BCUT2D eigenvalue weighted by Gasteiger charge is -2.23. The Bertz CT molecular complexity index is 1010. The van der Waals surface area contributed by atoms with Gasteiger partial charge in [-0.1, -0.05) is 10.7 Å². The number of carbonyl (C=O) groups excluding carboxylic acids is 2. The molecule has 2 aromatic heterocycles. The highest BCUT2D eigenvalue weighted by atomic mass is 32.2. The third kappa shape index (κ3) is 3.31. The van der Waals surface area contributed by atoms with Gasteiger partial charge >= 0.3 is 0 Å². The fourth-order valence-electron chi connectivity index (χ4n) is 3.96. The molecule has 0 spiro atoms. The molecule has 0 aromatic carbocycles. The van der Waals surface area contributed by atoms with E-state index in [4.69, 9.17) is 5.84 Å². The maximum atomic E-state index is 13.0. The largest absolute Gasteiger partial charge is 0.331 e. The van der Waals surface area contributed by atoms with Crippen LogP contribution in [0.25, 0.3) is 0 Å². The number of amides is 1. The Balaban J connectivity index is 1.52. The molecular weight excluding hydrogens is 400 g/mol. The molecule has 4 heterocycles. The molecule has 0 radical (unpaired) electrons. The van der Waals surface area contributed by atoms with Crippen molar-refractivity contribution in [1.82, 2.24) is 9.21 Å². The van der Waals surface area contributed by atoms with Gasteiger partial charge in [-0.25, -0.2) is 14.3 Å². The Hall–Kier alpha value is -2.30. The van der Waals surface area contributed by atoms with Crippen molar-refractivity contribution in [3.8, 4) is 0 Å². The molecule has 2 aliphatic heterocycles. The second kappa shape index (κ2) is 7.26. The van der Waals surface area contributed by atoms with Gasteiger partial charge in [0.15, 0.2) is 12.0 Å². The average Bonchev–Trinajstić information content (AvgIpc) is 3.38. The van der Waals surface area contributed by atoms with Crippen molar-refractivity contribution in [1.29, 1.82) is 0 Å². The van der Waals surface area contributed by atoms with Crippen molar-refractivity contribution in [2.75, 3.05) is 18.9 Å². The molecule has 2 fully saturated rings. The van der Waals surface area contributed by atoms with E-state index in [0.29, 0.717) is 25.8 Å². The Morgan fingerprint density at radius 2 is 2.14 bits per heavy atom. The molecule has 2 aromatic rings. The fourth-order valence-corrected chi connectivity index (χ4v) is 6.32. The van der Waals surface area contributed by atoms with Crippen LogP contribution in [0.3, 0.4) is 0 Å². The van der Waals surface area contributed by atoms with E-state index in [-0.39, 0.29) is 23.1 Å². The lowest BCUT2D eigenvalue weighted by Crippen LogP contribution is -2.45. The fraction of sp³-hybridized carbons (Fsp3) is 0.389. The molecule has 0 saturated carbocycles. The first kappa shape index (κ1) is 19.0. The number of rotatable bonds is 5. The quantitative estimate of drug-likeness (QED) is 0.537. The summed E-state index contributed by atoms with van der Waals surface area (Å²) in [6.45, 7) is 0.174. The van der Waals surface area contributed by atoms with Crippen molar-refractivity contribution in [3.05, 3.63) is 46.9 Å². The van der Waals surface area contributed by atoms with Gasteiger partial charge in [-0.2, -0.15) is 4.31 Å². The number of thiophene rings is 1. The van der Waals surface area contributed by atoms with Crippen LogP contribution in [0.4, 0.5) is 0 Å². The zero-order valence-electron chi connectivity index (χ0n) is 15.1. The Morgan fingerprint density at radius 1 is 1.32 bits per heavy atom. The predicted molar refractivity (Wildman–Crippen MR) is 102 cm³/mol. The summed E-state index contributed by atoms with van der Waals surface area (Å²) in [6, 6.07) is 5.69. The van der Waals surface area contributed by atoms with Gasteiger partial charge in [0.1, 0.15) is 10.9 Å². The molecule has 10 heteroatoms. The molecule has 2 saturated heterocycles. The van der Waals surface area contributed by atoms with E-state index in [1.54, 1.807) is 16.2 Å². The Labute approximate surface area is 167 Å². The topological polar surface area (TPSA) is 105 Å². The minimum absolute atomic E-state index is 0.0356. The first-order valence-electron chi connectivity index (χ1n) is 9.01. The minimum atomic E-state index is -3.87. The third-order valence-corrected chi connectivity index (χ3v) is 8.06. The number of fused-ring (bicyclic) bond motifs is 1. The van der Waals surface area contributed by atoms with Crippen molar-refractivity contribution in [2.24, 2.45) is 0 Å². The monoisotopic (exact) mass is 421 g/mol. The Morgan fingerprint density at radius 3 is 2.86 bits per heavy atom. The number of Topliss-reactive ketones (excluding diaryl/α,β-unsaturated/α-hetero) is 1. The highest BCUT2D eigenvalue weighted by Crippen LogP contribution is 2.34. The van der Waals surface area contributed by atoms with Crippen LogP contribution in [0.5, 0.6) is 0 Å². The SMILES string of the molecule is N[n+]1cccc(S(=O)(=O)N2CC(=O)C3C2CCN3C(=O)CCc2cccs2)c1. The smallest absolute Gasteiger partial charge is 0.249 e. The second-order valence-electron chi connectivity index (χ2n) is 6.97. The number of hydrogen-bond donors (Lipinski definition) is 1. The summed E-state index contributed by atoms with van der Waals surface area (Å²) >= 11 is 1.59. The molecule has 2 N–H and O–H groups in total. The first-order valence-corrected chi connectivity index (χ1v) is 11.3. The maximum Gasteiger partial charge on any atom is 0.249 e. The van der Waals surface area contributed by atoms with Crippen LogP contribution in [0, 0.1) is 0 Å². The van der Waals surface area contributed by atoms with Crippen LogP contribution in [-0.4, -0.2) is 54.5 Å². The molecule has 2 unspecified atom stereocenters. The predicted octanol–water partition coefficient (Wildman–Crippen LogP) is -0.0749. The van der Waals surface area contributed by atoms with Crippen LogP contribution in [-0.2, 0) is 26.0 Å². The maximum absolute atomic E-state index is 13.0. The van der Waals surface area contributed by atoms with Gasteiger partial charge in [0.2, 0.25) is 22.1 Å². The molecule has 28 heavy (non-hydrogen) atoms. The number of likely N-dealkylation sites (tertiary alicyclic amines) is 1. The van der Waals surface area contributed by atoms with Gasteiger partial charge in [-0.05, 0) is 30.4 Å². The average molecular weight is 422 g/mol. The molecule has 148 valence electrons. The van der Waals surface area contributed by atoms with Crippen LogP contribution in [0.2, 0.25) is 0 Å². The summed E-state index contributed by atoms with van der Waals surface area (Å²) in [5, 5.41) is 1.96. The summed E-state index contributed by atoms with van der Waals surface area (Å²) in [6.07, 6.45) is 4.24. The van der Waals surface area contributed by atoms with Gasteiger partial charge in [-0.3, -0.25) is 9.59 Å². The van der Waals surface area contributed by atoms with Gasteiger partial charge in [-0.15, -0.1) is 11.3 Å². The number of sulfonamides is 1. The summed E-state index contributed by atoms with van der Waals surface area (Å²) in [5.41, 5.74) is 0. The molecule has 0 bridgehead atoms. The van der Waals surface area contributed by atoms with E-state index in [1.807, 2.05) is 17.5 Å². The number of hydrogen-bond acceptors (Lipinski definition) is 6. The molecule has 2 aliphatic rings. The summed E-state index contributed by atoms with van der Waals surface area (Å²) in [4.78, 5) is 28.0. The number of nitrogens with two attached hydrogens (primary N) is 1. The zero-order valence-corrected chi connectivity index (χ0v) is 16.7. The highest BCUT2D eigenvalue weighted by molar-refractivity contribution is 7.89. The number of aromatic nitrogens is 1. The highest BCUT2D eigenvalue weighted by Gasteiger charge is 2.53. The molecule has 4 rings (SSSR count). The number of nitrogen functional groups attached to an aromatic ring is 1. The number of ketones is 1. The normalized spacial score (nSPS) is 22.6. The van der Waals surface area contributed by atoms with Crippen LogP contribution < -0.4 is 10.5 Å². The van der Waals surface area contributed by atoms with Crippen molar-refractivity contribution < 1.29 is 22.7 Å². The van der Waals surface area contributed by atoms with E-state index in [2.05, 4.69) is 0 Å². The van der Waals surface area contributed by atoms with Crippen LogP contribution in [0.1, 0.15) is 17.7 Å². The minimum Gasteiger partial charge on any atom is -0.331 e. The van der Waals surface area contributed by atoms with Crippen LogP contribution in [0.15, 0.2) is 46.9 Å². The molecular formula is C18H21N4O4S2+. The summed E-state index contributed by atoms with van der Waals surface area (Å²) in [5.74, 6) is 5.30. The lowest BCUT2D eigenvalue weighted by molar-refractivity contribution is -0.641. The van der Waals surface area contributed by atoms with Gasteiger partial charge in [0.05, 0.1) is 12.6 Å². The van der Waals surface area contributed by atoms with E-state index in [1.165, 1.54) is 28.8 Å².